The van der Waals surface area contributed by atoms with Crippen LogP contribution in [0.4, 0.5) is 0 Å². The van der Waals surface area contributed by atoms with Crippen molar-refractivity contribution in [3.63, 3.8) is 0 Å². The van der Waals surface area contributed by atoms with Crippen LogP contribution in [0.1, 0.15) is 26.2 Å². The van der Waals surface area contributed by atoms with Crippen LogP contribution < -0.4 is 5.32 Å². The van der Waals surface area contributed by atoms with Gasteiger partial charge in [0.05, 0.1) is 12.2 Å². The van der Waals surface area contributed by atoms with E-state index in [1.807, 2.05) is 6.92 Å². The molecule has 0 aromatic carbocycles. The zero-order chi connectivity index (χ0) is 8.27. The molecule has 0 amide bonds. The minimum absolute atomic E-state index is 0.198. The molecular weight excluding hydrogens is 142 g/mol. The third-order valence-electron chi connectivity index (χ3n) is 2.26. The van der Waals surface area contributed by atoms with E-state index in [9.17, 15) is 10.2 Å². The predicted molar refractivity (Wildman–Crippen MR) is 43.3 cm³/mol. The lowest BCUT2D eigenvalue weighted by Gasteiger charge is -2.30. The van der Waals surface area contributed by atoms with Gasteiger partial charge in [-0.15, -0.1) is 0 Å². The van der Waals surface area contributed by atoms with E-state index in [2.05, 4.69) is 5.32 Å². The summed E-state index contributed by atoms with van der Waals surface area (Å²) < 4.78 is 0. The molecule has 3 nitrogen and oxygen atoms in total. The minimum atomic E-state index is -0.362. The SMILES string of the molecule is CCNC1CCC(O)CC1O. The fourth-order valence-electron chi connectivity index (χ4n) is 1.63. The predicted octanol–water partition coefficient (Wildman–Crippen LogP) is -0.130. The molecule has 3 heteroatoms. The lowest BCUT2D eigenvalue weighted by atomic mass is 9.90. The number of rotatable bonds is 2. The quantitative estimate of drug-likeness (QED) is 0.526. The first kappa shape index (κ1) is 8.97. The Morgan fingerprint density at radius 2 is 2.09 bits per heavy atom. The second-order valence-electron chi connectivity index (χ2n) is 3.20. The summed E-state index contributed by atoms with van der Waals surface area (Å²) in [5.74, 6) is 0. The summed E-state index contributed by atoms with van der Waals surface area (Å²) >= 11 is 0. The van der Waals surface area contributed by atoms with Crippen LogP contribution in [-0.2, 0) is 0 Å². The maximum atomic E-state index is 9.45. The zero-order valence-electron chi connectivity index (χ0n) is 6.95. The topological polar surface area (TPSA) is 52.5 Å². The Hall–Kier alpha value is -0.120. The first-order chi connectivity index (χ1) is 5.24. The summed E-state index contributed by atoms with van der Waals surface area (Å²) in [6.07, 6.45) is 1.57. The first-order valence-electron chi connectivity index (χ1n) is 4.33. The highest BCUT2D eigenvalue weighted by molar-refractivity contribution is 4.83. The van der Waals surface area contributed by atoms with Gasteiger partial charge in [0.25, 0.3) is 0 Å². The summed E-state index contributed by atoms with van der Waals surface area (Å²) in [4.78, 5) is 0. The van der Waals surface area contributed by atoms with Crippen molar-refractivity contribution in [2.45, 2.75) is 44.4 Å². The van der Waals surface area contributed by atoms with Gasteiger partial charge in [-0.2, -0.15) is 0 Å². The van der Waals surface area contributed by atoms with Gasteiger partial charge in [0.15, 0.2) is 0 Å². The Labute approximate surface area is 67.4 Å². The van der Waals surface area contributed by atoms with Crippen molar-refractivity contribution >= 4 is 0 Å². The Kier molecular flexibility index (Phi) is 3.30. The molecule has 3 atom stereocenters. The van der Waals surface area contributed by atoms with Crippen molar-refractivity contribution in [3.05, 3.63) is 0 Å². The Balaban J connectivity index is 2.31. The molecule has 3 unspecified atom stereocenters. The van der Waals surface area contributed by atoms with Crippen LogP contribution in [0.25, 0.3) is 0 Å². The Morgan fingerprint density at radius 1 is 1.36 bits per heavy atom. The van der Waals surface area contributed by atoms with E-state index >= 15 is 0 Å². The highest BCUT2D eigenvalue weighted by Gasteiger charge is 2.26. The van der Waals surface area contributed by atoms with E-state index < -0.39 is 0 Å². The van der Waals surface area contributed by atoms with Gasteiger partial charge in [0.1, 0.15) is 0 Å². The second-order valence-corrected chi connectivity index (χ2v) is 3.20. The zero-order valence-corrected chi connectivity index (χ0v) is 6.95. The van der Waals surface area contributed by atoms with Gasteiger partial charge in [-0.05, 0) is 19.4 Å². The summed E-state index contributed by atoms with van der Waals surface area (Å²) in [5, 5.41) is 21.8. The molecule has 0 aliphatic heterocycles. The molecule has 0 aromatic heterocycles. The van der Waals surface area contributed by atoms with E-state index in [1.165, 1.54) is 0 Å². The normalized spacial score (nSPS) is 39.0. The van der Waals surface area contributed by atoms with Crippen molar-refractivity contribution in [1.82, 2.24) is 5.32 Å². The van der Waals surface area contributed by atoms with Gasteiger partial charge in [0, 0.05) is 12.5 Å². The molecule has 66 valence electrons. The molecule has 1 rings (SSSR count). The molecule has 0 radical (unpaired) electrons. The van der Waals surface area contributed by atoms with Gasteiger partial charge in [0.2, 0.25) is 0 Å². The van der Waals surface area contributed by atoms with Crippen molar-refractivity contribution < 1.29 is 10.2 Å². The average Bonchev–Trinajstić information content (AvgIpc) is 1.95. The molecule has 0 spiro atoms. The van der Waals surface area contributed by atoms with E-state index in [4.69, 9.17) is 0 Å². The van der Waals surface area contributed by atoms with Crippen LogP contribution in [-0.4, -0.2) is 35.0 Å². The van der Waals surface area contributed by atoms with Crippen LogP contribution in [0.15, 0.2) is 0 Å². The second kappa shape index (κ2) is 4.04. The molecule has 3 N–H and O–H groups in total. The molecule has 1 saturated carbocycles. The van der Waals surface area contributed by atoms with Crippen LogP contribution in [0.3, 0.4) is 0 Å². The highest BCUT2D eigenvalue weighted by atomic mass is 16.3. The molecule has 1 aliphatic rings. The van der Waals surface area contributed by atoms with Gasteiger partial charge in [-0.3, -0.25) is 0 Å². The molecular formula is C8H17NO2. The molecule has 0 saturated heterocycles. The first-order valence-corrected chi connectivity index (χ1v) is 4.33. The standard InChI is InChI=1S/C8H17NO2/c1-2-9-7-4-3-6(10)5-8(7)11/h6-11H,2-5H2,1H3. The van der Waals surface area contributed by atoms with Crippen molar-refractivity contribution in [2.75, 3.05) is 6.54 Å². The monoisotopic (exact) mass is 159 g/mol. The van der Waals surface area contributed by atoms with E-state index in [0.29, 0.717) is 6.42 Å². The van der Waals surface area contributed by atoms with Gasteiger partial charge < -0.3 is 15.5 Å². The third-order valence-corrected chi connectivity index (χ3v) is 2.26. The number of aliphatic hydroxyl groups excluding tert-OH is 2. The molecule has 0 aromatic rings. The van der Waals surface area contributed by atoms with Gasteiger partial charge in [-0.25, -0.2) is 0 Å². The lowest BCUT2D eigenvalue weighted by Crippen LogP contribution is -2.45. The number of aliphatic hydroxyl groups is 2. The largest absolute Gasteiger partial charge is 0.393 e. The molecule has 1 fully saturated rings. The number of nitrogens with one attached hydrogen (secondary N) is 1. The fraction of sp³-hybridized carbons (Fsp3) is 1.00. The summed E-state index contributed by atoms with van der Waals surface area (Å²) in [7, 11) is 0. The average molecular weight is 159 g/mol. The van der Waals surface area contributed by atoms with E-state index in [-0.39, 0.29) is 18.2 Å². The smallest absolute Gasteiger partial charge is 0.0717 e. The van der Waals surface area contributed by atoms with Gasteiger partial charge >= 0.3 is 0 Å². The summed E-state index contributed by atoms with van der Waals surface area (Å²) in [6, 6.07) is 0.198. The summed E-state index contributed by atoms with van der Waals surface area (Å²) in [5.41, 5.74) is 0. The molecule has 0 bridgehead atoms. The number of hydrogen-bond acceptors (Lipinski definition) is 3. The third kappa shape index (κ3) is 2.43. The van der Waals surface area contributed by atoms with Crippen molar-refractivity contribution in [2.24, 2.45) is 0 Å². The van der Waals surface area contributed by atoms with E-state index in [1.54, 1.807) is 0 Å². The summed E-state index contributed by atoms with van der Waals surface area (Å²) in [6.45, 7) is 2.91. The fourth-order valence-corrected chi connectivity index (χ4v) is 1.63. The van der Waals surface area contributed by atoms with Crippen LogP contribution >= 0.6 is 0 Å². The van der Waals surface area contributed by atoms with Crippen molar-refractivity contribution in [1.29, 1.82) is 0 Å². The molecule has 0 heterocycles. The minimum Gasteiger partial charge on any atom is -0.393 e. The van der Waals surface area contributed by atoms with Crippen molar-refractivity contribution in [3.8, 4) is 0 Å². The highest BCUT2D eigenvalue weighted by Crippen LogP contribution is 2.18. The van der Waals surface area contributed by atoms with E-state index in [0.717, 1.165) is 19.4 Å². The maximum Gasteiger partial charge on any atom is 0.0717 e. The van der Waals surface area contributed by atoms with Crippen LogP contribution in [0, 0.1) is 0 Å². The number of hydrogen-bond donors (Lipinski definition) is 3. The Morgan fingerprint density at radius 3 is 2.64 bits per heavy atom. The van der Waals surface area contributed by atoms with Crippen LogP contribution in [0.5, 0.6) is 0 Å². The lowest BCUT2D eigenvalue weighted by molar-refractivity contribution is 0.0176. The number of likely N-dealkylation sites (N-methyl/N-ethyl adjacent to an activating group) is 1. The maximum absolute atomic E-state index is 9.45. The van der Waals surface area contributed by atoms with Crippen LogP contribution in [0.2, 0.25) is 0 Å². The Bertz CT molecular complexity index is 119. The molecule has 11 heavy (non-hydrogen) atoms. The molecule has 1 aliphatic carbocycles. The van der Waals surface area contributed by atoms with Gasteiger partial charge in [-0.1, -0.05) is 6.92 Å².